The van der Waals surface area contributed by atoms with Crippen LogP contribution in [0.15, 0.2) is 47.4 Å². The van der Waals surface area contributed by atoms with Gasteiger partial charge in [-0.25, -0.2) is 17.2 Å². The fourth-order valence-electron chi connectivity index (χ4n) is 3.51. The van der Waals surface area contributed by atoms with Crippen LogP contribution < -0.4 is 4.72 Å². The highest BCUT2D eigenvalue weighted by Gasteiger charge is 2.32. The molecule has 0 aliphatic carbocycles. The van der Waals surface area contributed by atoms with Gasteiger partial charge >= 0.3 is 0 Å². The molecule has 166 valence electrons. The molecule has 0 aromatic heterocycles. The topological polar surface area (TPSA) is 83.6 Å². The third-order valence-electron chi connectivity index (χ3n) is 5.20. The van der Waals surface area contributed by atoms with Gasteiger partial charge in [-0.15, -0.1) is 0 Å². The quantitative estimate of drug-likeness (QED) is 0.656. The number of hydrogen-bond acceptors (Lipinski definition) is 4. The highest BCUT2D eigenvalue weighted by Crippen LogP contribution is 2.24. The average molecular weight is 471 g/mol. The van der Waals surface area contributed by atoms with E-state index in [9.17, 15) is 26.8 Å². The van der Waals surface area contributed by atoms with Crippen molar-refractivity contribution in [3.8, 4) is 0 Å². The van der Waals surface area contributed by atoms with E-state index in [4.69, 9.17) is 11.6 Å². The summed E-state index contributed by atoms with van der Waals surface area (Å²) < 4.78 is 54.5. The Morgan fingerprint density at radius 3 is 2.32 bits per heavy atom. The standard InChI is InChI=1S/C21H21ClF2N2O4S/c1-13(25-31(29,30)17-5-2-15(22)3-6-17)21(28)26-10-8-14(9-11-26)20(27)18-12-16(23)4-7-19(18)24/h2-7,12-14,25H,8-11H2,1H3/t13-/m0/s1. The molecule has 6 nitrogen and oxygen atoms in total. The summed E-state index contributed by atoms with van der Waals surface area (Å²) >= 11 is 5.77. The molecule has 0 spiro atoms. The summed E-state index contributed by atoms with van der Waals surface area (Å²) in [5, 5.41) is 0.388. The fourth-order valence-corrected chi connectivity index (χ4v) is 4.83. The van der Waals surface area contributed by atoms with Crippen LogP contribution in [0.1, 0.15) is 30.1 Å². The zero-order chi connectivity index (χ0) is 22.8. The van der Waals surface area contributed by atoms with E-state index in [2.05, 4.69) is 4.72 Å². The maximum atomic E-state index is 13.9. The lowest BCUT2D eigenvalue weighted by atomic mass is 9.88. The van der Waals surface area contributed by atoms with Crippen LogP contribution in [-0.2, 0) is 14.8 Å². The number of rotatable bonds is 6. The first-order valence-corrected chi connectivity index (χ1v) is 11.5. The lowest BCUT2D eigenvalue weighted by molar-refractivity contribution is -0.133. The van der Waals surface area contributed by atoms with Crippen LogP contribution in [0, 0.1) is 17.6 Å². The van der Waals surface area contributed by atoms with Crippen molar-refractivity contribution in [3.05, 3.63) is 64.7 Å². The summed E-state index contributed by atoms with van der Waals surface area (Å²) in [6.07, 6.45) is 0.550. The number of nitrogens with zero attached hydrogens (tertiary/aromatic N) is 1. The number of piperidine rings is 1. The Morgan fingerprint density at radius 1 is 1.10 bits per heavy atom. The van der Waals surface area contributed by atoms with E-state index in [1.165, 1.54) is 36.1 Å². The maximum Gasteiger partial charge on any atom is 0.241 e. The SMILES string of the molecule is C[C@H](NS(=O)(=O)c1ccc(Cl)cc1)C(=O)N1CCC(C(=O)c2cc(F)ccc2F)CC1. The molecule has 1 heterocycles. The van der Waals surface area contributed by atoms with E-state index in [-0.39, 0.29) is 36.4 Å². The van der Waals surface area contributed by atoms with Crippen molar-refractivity contribution in [3.63, 3.8) is 0 Å². The number of halogens is 3. The Morgan fingerprint density at radius 2 is 1.71 bits per heavy atom. The van der Waals surface area contributed by atoms with Crippen LogP contribution in [0.4, 0.5) is 8.78 Å². The number of amides is 1. The van der Waals surface area contributed by atoms with E-state index in [0.29, 0.717) is 5.02 Å². The third-order valence-corrected chi connectivity index (χ3v) is 7.01. The Balaban J connectivity index is 1.60. The summed E-state index contributed by atoms with van der Waals surface area (Å²) in [6.45, 7) is 1.85. The number of carbonyl (C=O) groups excluding carboxylic acids is 2. The van der Waals surface area contributed by atoms with Crippen molar-refractivity contribution in [2.45, 2.75) is 30.7 Å². The van der Waals surface area contributed by atoms with E-state index in [1.54, 1.807) is 0 Å². The molecule has 10 heteroatoms. The molecule has 1 N–H and O–H groups in total. The van der Waals surface area contributed by atoms with Gasteiger partial charge in [0.2, 0.25) is 15.9 Å². The predicted molar refractivity (Wildman–Crippen MR) is 111 cm³/mol. The maximum absolute atomic E-state index is 13.9. The largest absolute Gasteiger partial charge is 0.341 e. The van der Waals surface area contributed by atoms with Crippen molar-refractivity contribution in [1.82, 2.24) is 9.62 Å². The molecular formula is C21H21ClF2N2O4S. The Labute approximate surface area is 184 Å². The van der Waals surface area contributed by atoms with Crippen LogP contribution in [0.5, 0.6) is 0 Å². The molecule has 1 aliphatic heterocycles. The molecule has 1 aliphatic rings. The minimum atomic E-state index is -3.92. The van der Waals surface area contributed by atoms with E-state index >= 15 is 0 Å². The lowest BCUT2D eigenvalue weighted by Gasteiger charge is -2.33. The van der Waals surface area contributed by atoms with Gasteiger partial charge in [-0.05, 0) is 62.2 Å². The van der Waals surface area contributed by atoms with Gasteiger partial charge in [-0.1, -0.05) is 11.6 Å². The van der Waals surface area contributed by atoms with Crippen molar-refractivity contribution >= 4 is 33.3 Å². The Hall–Kier alpha value is -2.36. The van der Waals surface area contributed by atoms with Gasteiger partial charge in [0.1, 0.15) is 11.6 Å². The van der Waals surface area contributed by atoms with E-state index in [0.717, 1.165) is 18.2 Å². The summed E-state index contributed by atoms with van der Waals surface area (Å²) in [5.74, 6) is -2.95. The summed E-state index contributed by atoms with van der Waals surface area (Å²) in [6, 6.07) is 7.26. The average Bonchev–Trinajstić information content (AvgIpc) is 2.74. The van der Waals surface area contributed by atoms with Gasteiger partial charge in [0.15, 0.2) is 5.78 Å². The molecule has 1 amide bonds. The molecule has 2 aromatic rings. The molecule has 2 aromatic carbocycles. The van der Waals surface area contributed by atoms with Crippen molar-refractivity contribution in [1.29, 1.82) is 0 Å². The number of ketones is 1. The Kier molecular flexibility index (Phi) is 7.08. The number of Topliss-reactive ketones (excluding diaryl/α,β-unsaturated/α-hetero) is 1. The molecular weight excluding hydrogens is 450 g/mol. The zero-order valence-electron chi connectivity index (χ0n) is 16.6. The minimum Gasteiger partial charge on any atom is -0.341 e. The normalized spacial score (nSPS) is 16.2. The molecule has 0 unspecified atom stereocenters. The van der Waals surface area contributed by atoms with Crippen LogP contribution in [0.3, 0.4) is 0 Å². The van der Waals surface area contributed by atoms with Gasteiger partial charge in [0.25, 0.3) is 0 Å². The van der Waals surface area contributed by atoms with Crippen LogP contribution in [-0.4, -0.2) is 44.1 Å². The second kappa shape index (κ2) is 9.42. The molecule has 1 saturated heterocycles. The van der Waals surface area contributed by atoms with E-state index in [1.807, 2.05) is 0 Å². The molecule has 1 fully saturated rings. The highest BCUT2D eigenvalue weighted by atomic mass is 35.5. The molecule has 0 saturated carbocycles. The van der Waals surface area contributed by atoms with Crippen LogP contribution in [0.2, 0.25) is 5.02 Å². The monoisotopic (exact) mass is 470 g/mol. The smallest absolute Gasteiger partial charge is 0.241 e. The number of nitrogens with one attached hydrogen (secondary N) is 1. The molecule has 3 rings (SSSR count). The molecule has 1 atom stereocenters. The molecule has 0 bridgehead atoms. The van der Waals surface area contributed by atoms with Gasteiger partial charge in [0, 0.05) is 24.0 Å². The van der Waals surface area contributed by atoms with Gasteiger partial charge in [-0.3, -0.25) is 9.59 Å². The Bertz CT molecular complexity index is 1090. The number of likely N-dealkylation sites (tertiary alicyclic amines) is 1. The number of carbonyl (C=O) groups is 2. The second-order valence-corrected chi connectivity index (χ2v) is 9.54. The summed E-state index contributed by atoms with van der Waals surface area (Å²) in [7, 11) is -3.92. The molecule has 0 radical (unpaired) electrons. The van der Waals surface area contributed by atoms with Crippen molar-refractivity contribution in [2.75, 3.05) is 13.1 Å². The van der Waals surface area contributed by atoms with Gasteiger partial charge in [-0.2, -0.15) is 4.72 Å². The summed E-state index contributed by atoms with van der Waals surface area (Å²) in [5.41, 5.74) is -0.297. The van der Waals surface area contributed by atoms with Crippen molar-refractivity contribution in [2.24, 2.45) is 5.92 Å². The second-order valence-electron chi connectivity index (χ2n) is 7.38. The van der Waals surface area contributed by atoms with Crippen molar-refractivity contribution < 1.29 is 26.8 Å². The van der Waals surface area contributed by atoms with Crippen LogP contribution in [0.25, 0.3) is 0 Å². The summed E-state index contributed by atoms with van der Waals surface area (Å²) in [4.78, 5) is 26.7. The number of sulfonamides is 1. The lowest BCUT2D eigenvalue weighted by Crippen LogP contribution is -2.49. The minimum absolute atomic E-state index is 0.0158. The first-order valence-electron chi connectivity index (χ1n) is 9.64. The number of hydrogen-bond donors (Lipinski definition) is 1. The fraction of sp³-hybridized carbons (Fsp3) is 0.333. The third kappa shape index (κ3) is 5.47. The zero-order valence-corrected chi connectivity index (χ0v) is 18.2. The van der Waals surface area contributed by atoms with Gasteiger partial charge in [0.05, 0.1) is 16.5 Å². The first-order chi connectivity index (χ1) is 14.6. The molecule has 31 heavy (non-hydrogen) atoms. The van der Waals surface area contributed by atoms with Gasteiger partial charge < -0.3 is 4.90 Å². The predicted octanol–water partition coefficient (Wildman–Crippen LogP) is 3.41. The number of benzene rings is 2. The van der Waals surface area contributed by atoms with E-state index < -0.39 is 45.3 Å². The highest BCUT2D eigenvalue weighted by molar-refractivity contribution is 7.89. The first kappa shape index (κ1) is 23.3. The van der Waals surface area contributed by atoms with Crippen LogP contribution >= 0.6 is 11.6 Å².